The van der Waals surface area contributed by atoms with Crippen LogP contribution in [0.15, 0.2) is 42.5 Å². The number of rotatable bonds is 3. The molecule has 0 spiro atoms. The summed E-state index contributed by atoms with van der Waals surface area (Å²) in [5.41, 5.74) is 8.84. The summed E-state index contributed by atoms with van der Waals surface area (Å²) in [6.07, 6.45) is 0. The van der Waals surface area contributed by atoms with Crippen LogP contribution in [0.4, 0.5) is 0 Å². The predicted molar refractivity (Wildman–Crippen MR) is 78.0 cm³/mol. The highest BCUT2D eigenvalue weighted by Gasteiger charge is 2.18. The summed E-state index contributed by atoms with van der Waals surface area (Å²) in [5, 5.41) is 12.9. The van der Waals surface area contributed by atoms with Crippen molar-refractivity contribution >= 4 is 5.65 Å². The average molecular weight is 267 g/mol. The molecule has 0 fully saturated rings. The van der Waals surface area contributed by atoms with Gasteiger partial charge in [0.2, 0.25) is 0 Å². The van der Waals surface area contributed by atoms with Gasteiger partial charge in [-0.15, -0.1) is 10.2 Å². The standard InChI is InChI=1S/C15H17N5/c1-10(2)14(16)15-18-17-13-9-8-12(19-20(13)15)11-6-4-3-5-7-11/h3-10,14H,16H2,1-2H3/t14-/m0/s1. The van der Waals surface area contributed by atoms with Crippen molar-refractivity contribution in [3.05, 3.63) is 48.3 Å². The molecule has 2 heterocycles. The van der Waals surface area contributed by atoms with Crippen molar-refractivity contribution < 1.29 is 0 Å². The van der Waals surface area contributed by atoms with E-state index in [0.29, 0.717) is 5.82 Å². The van der Waals surface area contributed by atoms with Crippen LogP contribution in [0.5, 0.6) is 0 Å². The van der Waals surface area contributed by atoms with Gasteiger partial charge >= 0.3 is 0 Å². The molecular formula is C15H17N5. The Morgan fingerprint density at radius 2 is 1.75 bits per heavy atom. The summed E-state index contributed by atoms with van der Waals surface area (Å²) in [6, 6.07) is 13.7. The Kier molecular flexibility index (Phi) is 3.20. The molecule has 0 bridgehead atoms. The molecule has 5 nitrogen and oxygen atoms in total. The molecule has 0 unspecified atom stereocenters. The first-order valence-corrected chi connectivity index (χ1v) is 6.70. The van der Waals surface area contributed by atoms with Crippen LogP contribution in [0, 0.1) is 5.92 Å². The summed E-state index contributed by atoms with van der Waals surface area (Å²) in [4.78, 5) is 0. The molecule has 0 saturated carbocycles. The van der Waals surface area contributed by atoms with E-state index in [1.807, 2.05) is 42.5 Å². The minimum absolute atomic E-state index is 0.177. The number of aromatic nitrogens is 4. The first kappa shape index (κ1) is 12.7. The average Bonchev–Trinajstić information content (AvgIpc) is 2.90. The summed E-state index contributed by atoms with van der Waals surface area (Å²) >= 11 is 0. The fraction of sp³-hybridized carbons (Fsp3) is 0.267. The first-order valence-electron chi connectivity index (χ1n) is 6.70. The van der Waals surface area contributed by atoms with Crippen LogP contribution in [-0.2, 0) is 0 Å². The molecule has 3 rings (SSSR count). The molecule has 5 heteroatoms. The fourth-order valence-corrected chi connectivity index (χ4v) is 2.07. The van der Waals surface area contributed by atoms with Gasteiger partial charge < -0.3 is 5.73 Å². The van der Waals surface area contributed by atoms with Crippen LogP contribution in [0.1, 0.15) is 25.7 Å². The van der Waals surface area contributed by atoms with E-state index in [9.17, 15) is 0 Å². The van der Waals surface area contributed by atoms with Crippen LogP contribution in [0.25, 0.3) is 16.9 Å². The highest BCUT2D eigenvalue weighted by Crippen LogP contribution is 2.20. The molecule has 0 saturated heterocycles. The zero-order valence-electron chi connectivity index (χ0n) is 11.6. The van der Waals surface area contributed by atoms with Gasteiger partial charge in [-0.3, -0.25) is 0 Å². The molecule has 2 N–H and O–H groups in total. The van der Waals surface area contributed by atoms with Crippen molar-refractivity contribution in [1.29, 1.82) is 0 Å². The Morgan fingerprint density at radius 3 is 2.45 bits per heavy atom. The number of hydrogen-bond donors (Lipinski definition) is 1. The summed E-state index contributed by atoms with van der Waals surface area (Å²) in [6.45, 7) is 4.12. The Morgan fingerprint density at radius 1 is 1.00 bits per heavy atom. The highest BCUT2D eigenvalue weighted by molar-refractivity contribution is 5.59. The number of nitrogens with zero attached hydrogens (tertiary/aromatic N) is 4. The zero-order chi connectivity index (χ0) is 14.1. The van der Waals surface area contributed by atoms with Crippen molar-refractivity contribution in [3.8, 4) is 11.3 Å². The molecule has 20 heavy (non-hydrogen) atoms. The minimum Gasteiger partial charge on any atom is -0.321 e. The molecule has 1 aromatic carbocycles. The van der Waals surface area contributed by atoms with Gasteiger partial charge in [-0.1, -0.05) is 44.2 Å². The summed E-state index contributed by atoms with van der Waals surface area (Å²) < 4.78 is 1.74. The molecular weight excluding hydrogens is 250 g/mol. The van der Waals surface area contributed by atoms with Crippen molar-refractivity contribution in [1.82, 2.24) is 19.8 Å². The van der Waals surface area contributed by atoms with E-state index in [1.165, 1.54) is 0 Å². The lowest BCUT2D eigenvalue weighted by Gasteiger charge is -2.13. The van der Waals surface area contributed by atoms with E-state index >= 15 is 0 Å². The first-order chi connectivity index (χ1) is 9.66. The maximum Gasteiger partial charge on any atom is 0.178 e. The molecule has 0 amide bonds. The third-order valence-corrected chi connectivity index (χ3v) is 3.37. The number of fused-ring (bicyclic) bond motifs is 1. The van der Waals surface area contributed by atoms with E-state index in [-0.39, 0.29) is 12.0 Å². The lowest BCUT2D eigenvalue weighted by Crippen LogP contribution is -2.20. The van der Waals surface area contributed by atoms with Gasteiger partial charge in [0.25, 0.3) is 0 Å². The van der Waals surface area contributed by atoms with E-state index < -0.39 is 0 Å². The molecule has 0 aliphatic carbocycles. The van der Waals surface area contributed by atoms with Crippen LogP contribution in [-0.4, -0.2) is 19.8 Å². The van der Waals surface area contributed by atoms with Crippen molar-refractivity contribution in [2.75, 3.05) is 0 Å². The van der Waals surface area contributed by atoms with Crippen LogP contribution >= 0.6 is 0 Å². The van der Waals surface area contributed by atoms with E-state index in [1.54, 1.807) is 4.52 Å². The van der Waals surface area contributed by atoms with E-state index in [2.05, 4.69) is 29.1 Å². The predicted octanol–water partition coefficient (Wildman–Crippen LogP) is 2.45. The summed E-state index contributed by atoms with van der Waals surface area (Å²) in [5.74, 6) is 0.984. The monoisotopic (exact) mass is 267 g/mol. The van der Waals surface area contributed by atoms with Gasteiger partial charge in [-0.05, 0) is 18.1 Å². The summed E-state index contributed by atoms with van der Waals surface area (Å²) in [7, 11) is 0. The molecule has 2 aromatic heterocycles. The SMILES string of the molecule is CC(C)[C@H](N)c1nnc2ccc(-c3ccccc3)nn12. The zero-order valence-corrected chi connectivity index (χ0v) is 11.6. The van der Waals surface area contributed by atoms with Crippen LogP contribution in [0.2, 0.25) is 0 Å². The van der Waals surface area contributed by atoms with Gasteiger partial charge in [-0.2, -0.15) is 9.61 Å². The van der Waals surface area contributed by atoms with Gasteiger partial charge in [0.1, 0.15) is 0 Å². The van der Waals surface area contributed by atoms with Gasteiger partial charge in [-0.25, -0.2) is 0 Å². The number of hydrogen-bond acceptors (Lipinski definition) is 4. The Balaban J connectivity index is 2.12. The second-order valence-electron chi connectivity index (χ2n) is 5.18. The van der Waals surface area contributed by atoms with Gasteiger partial charge in [0, 0.05) is 5.56 Å². The highest BCUT2D eigenvalue weighted by atomic mass is 15.4. The molecule has 3 aromatic rings. The number of benzene rings is 1. The largest absolute Gasteiger partial charge is 0.321 e. The molecule has 102 valence electrons. The van der Waals surface area contributed by atoms with Crippen LogP contribution < -0.4 is 5.73 Å². The van der Waals surface area contributed by atoms with Gasteiger partial charge in [0.15, 0.2) is 11.5 Å². The van der Waals surface area contributed by atoms with Crippen LogP contribution in [0.3, 0.4) is 0 Å². The minimum atomic E-state index is -0.177. The van der Waals surface area contributed by atoms with E-state index in [0.717, 1.165) is 16.9 Å². The maximum absolute atomic E-state index is 6.17. The fourth-order valence-electron chi connectivity index (χ4n) is 2.07. The topological polar surface area (TPSA) is 69.1 Å². The maximum atomic E-state index is 6.17. The van der Waals surface area contributed by atoms with Crippen molar-refractivity contribution in [3.63, 3.8) is 0 Å². The quantitative estimate of drug-likeness (QED) is 0.791. The lowest BCUT2D eigenvalue weighted by atomic mass is 10.1. The number of nitrogens with two attached hydrogens (primary N) is 1. The van der Waals surface area contributed by atoms with Crippen molar-refractivity contribution in [2.45, 2.75) is 19.9 Å². The second-order valence-corrected chi connectivity index (χ2v) is 5.18. The third-order valence-electron chi connectivity index (χ3n) is 3.37. The van der Waals surface area contributed by atoms with E-state index in [4.69, 9.17) is 5.73 Å². The molecule has 0 aliphatic heterocycles. The smallest absolute Gasteiger partial charge is 0.178 e. The molecule has 0 radical (unpaired) electrons. The lowest BCUT2D eigenvalue weighted by molar-refractivity contribution is 0.480. The second kappa shape index (κ2) is 5.02. The Bertz CT molecular complexity index is 717. The van der Waals surface area contributed by atoms with Crippen molar-refractivity contribution in [2.24, 2.45) is 11.7 Å². The normalized spacial score (nSPS) is 13.0. The van der Waals surface area contributed by atoms with Gasteiger partial charge in [0.05, 0.1) is 11.7 Å². The third kappa shape index (κ3) is 2.16. The Hall–Kier alpha value is -2.27. The Labute approximate surface area is 117 Å². The molecule has 1 atom stereocenters. The molecule has 0 aliphatic rings.